The Morgan fingerprint density at radius 1 is 1.57 bits per heavy atom. The molecule has 4 heteroatoms. The van der Waals surface area contributed by atoms with E-state index in [9.17, 15) is 14.0 Å². The minimum absolute atomic E-state index is 0.0469. The van der Waals surface area contributed by atoms with Gasteiger partial charge in [0.15, 0.2) is 12.1 Å². The Hall–Kier alpha value is -1.55. The van der Waals surface area contributed by atoms with Gasteiger partial charge in [-0.3, -0.25) is 9.59 Å². The molecule has 0 unspecified atom stereocenters. The van der Waals surface area contributed by atoms with Crippen molar-refractivity contribution in [1.82, 2.24) is 0 Å². The molecule has 0 spiro atoms. The second-order valence-electron chi connectivity index (χ2n) is 2.93. The molecule has 0 aromatic heterocycles. The molecule has 1 rings (SSSR count). The number of rotatable bonds is 3. The first-order chi connectivity index (χ1) is 6.60. The van der Waals surface area contributed by atoms with E-state index in [1.165, 1.54) is 13.0 Å². The Labute approximate surface area is 80.7 Å². The van der Waals surface area contributed by atoms with Crippen LogP contribution in [0, 0.1) is 12.7 Å². The Morgan fingerprint density at radius 3 is 2.71 bits per heavy atom. The van der Waals surface area contributed by atoms with Gasteiger partial charge in [0.1, 0.15) is 5.82 Å². The van der Waals surface area contributed by atoms with Gasteiger partial charge in [-0.1, -0.05) is 0 Å². The van der Waals surface area contributed by atoms with E-state index in [2.05, 4.69) is 0 Å². The lowest BCUT2D eigenvalue weighted by molar-refractivity contribution is 0.0993. The highest BCUT2D eigenvalue weighted by atomic mass is 19.1. The number of Topliss-reactive ketones (excluding diaryl/α,β-unsaturated/α-hetero) is 1. The highest BCUT2D eigenvalue weighted by Gasteiger charge is 2.12. The number of benzene rings is 1. The van der Waals surface area contributed by atoms with E-state index >= 15 is 0 Å². The van der Waals surface area contributed by atoms with Gasteiger partial charge in [-0.25, -0.2) is 4.39 Å². The number of nitrogens with two attached hydrogens (primary N) is 1. The predicted molar refractivity (Wildman–Crippen MR) is 49.9 cm³/mol. The summed E-state index contributed by atoms with van der Waals surface area (Å²) in [7, 11) is 0. The molecule has 1 aromatic carbocycles. The third-order valence-electron chi connectivity index (χ3n) is 1.94. The van der Waals surface area contributed by atoms with Crippen LogP contribution in [0.15, 0.2) is 12.1 Å². The first-order valence-corrected chi connectivity index (χ1v) is 4.08. The maximum Gasteiger partial charge on any atom is 0.177 e. The van der Waals surface area contributed by atoms with Crippen molar-refractivity contribution in [2.75, 3.05) is 6.54 Å². The zero-order valence-corrected chi connectivity index (χ0v) is 7.71. The number of ketones is 1. The molecular weight excluding hydrogens is 185 g/mol. The number of halogens is 1. The van der Waals surface area contributed by atoms with E-state index in [0.717, 1.165) is 6.07 Å². The quantitative estimate of drug-likeness (QED) is 0.580. The second-order valence-corrected chi connectivity index (χ2v) is 2.93. The molecule has 0 aliphatic rings. The number of aldehydes is 1. The summed E-state index contributed by atoms with van der Waals surface area (Å²) in [5.74, 6) is -0.946. The Bertz CT molecular complexity index is 388. The molecule has 0 heterocycles. The summed E-state index contributed by atoms with van der Waals surface area (Å²) < 4.78 is 13.1. The fraction of sp³-hybridized carbons (Fsp3) is 0.200. The molecule has 0 saturated carbocycles. The van der Waals surface area contributed by atoms with Crippen LogP contribution in [0.25, 0.3) is 0 Å². The van der Waals surface area contributed by atoms with Gasteiger partial charge in [-0.05, 0) is 24.6 Å². The van der Waals surface area contributed by atoms with Crippen LogP contribution in [-0.2, 0) is 0 Å². The summed E-state index contributed by atoms with van der Waals surface area (Å²) in [5, 5.41) is 0. The average Bonchev–Trinajstić information content (AvgIpc) is 2.20. The van der Waals surface area contributed by atoms with Crippen LogP contribution in [0.4, 0.5) is 4.39 Å². The van der Waals surface area contributed by atoms with E-state index < -0.39 is 11.6 Å². The highest BCUT2D eigenvalue weighted by molar-refractivity contribution is 6.03. The van der Waals surface area contributed by atoms with Crippen molar-refractivity contribution in [3.8, 4) is 0 Å². The number of carbonyl (C=O) groups is 2. The lowest BCUT2D eigenvalue weighted by Gasteiger charge is -2.04. The van der Waals surface area contributed by atoms with Gasteiger partial charge >= 0.3 is 0 Å². The first kappa shape index (κ1) is 10.5. The normalized spacial score (nSPS) is 9.93. The Morgan fingerprint density at radius 2 is 2.21 bits per heavy atom. The number of carbonyl (C=O) groups excluding carboxylic acids is 2. The van der Waals surface area contributed by atoms with E-state index in [-0.39, 0.29) is 17.7 Å². The van der Waals surface area contributed by atoms with E-state index in [0.29, 0.717) is 11.8 Å². The Kier molecular flexibility index (Phi) is 3.09. The van der Waals surface area contributed by atoms with Gasteiger partial charge in [0.25, 0.3) is 0 Å². The first-order valence-electron chi connectivity index (χ1n) is 4.08. The van der Waals surface area contributed by atoms with Crippen molar-refractivity contribution in [2.24, 2.45) is 5.73 Å². The zero-order chi connectivity index (χ0) is 10.7. The molecule has 14 heavy (non-hydrogen) atoms. The monoisotopic (exact) mass is 195 g/mol. The summed E-state index contributed by atoms with van der Waals surface area (Å²) in [4.78, 5) is 21.8. The van der Waals surface area contributed by atoms with Crippen molar-refractivity contribution >= 4 is 12.1 Å². The van der Waals surface area contributed by atoms with Crippen LogP contribution in [-0.4, -0.2) is 18.6 Å². The van der Waals surface area contributed by atoms with Crippen molar-refractivity contribution in [3.05, 3.63) is 34.6 Å². The smallest absolute Gasteiger partial charge is 0.177 e. The summed E-state index contributed by atoms with van der Waals surface area (Å²) in [6.45, 7) is 1.29. The average molecular weight is 195 g/mol. The lowest BCUT2D eigenvalue weighted by Crippen LogP contribution is -2.16. The van der Waals surface area contributed by atoms with Gasteiger partial charge in [0.05, 0.1) is 6.54 Å². The van der Waals surface area contributed by atoms with Crippen LogP contribution < -0.4 is 5.73 Å². The van der Waals surface area contributed by atoms with Crippen molar-refractivity contribution < 1.29 is 14.0 Å². The summed E-state index contributed by atoms with van der Waals surface area (Å²) in [6, 6.07) is 2.39. The summed E-state index contributed by atoms with van der Waals surface area (Å²) in [5.41, 5.74) is 5.69. The molecule has 1 aromatic rings. The maximum atomic E-state index is 13.1. The van der Waals surface area contributed by atoms with Gasteiger partial charge in [0, 0.05) is 11.1 Å². The van der Waals surface area contributed by atoms with Crippen LogP contribution in [0.3, 0.4) is 0 Å². The molecule has 0 radical (unpaired) electrons. The highest BCUT2D eigenvalue weighted by Crippen LogP contribution is 2.14. The molecule has 0 atom stereocenters. The van der Waals surface area contributed by atoms with Crippen molar-refractivity contribution in [2.45, 2.75) is 6.92 Å². The van der Waals surface area contributed by atoms with Crippen LogP contribution >= 0.6 is 0 Å². The van der Waals surface area contributed by atoms with Gasteiger partial charge in [0.2, 0.25) is 0 Å². The van der Waals surface area contributed by atoms with Crippen LogP contribution in [0.2, 0.25) is 0 Å². The molecule has 0 fully saturated rings. The topological polar surface area (TPSA) is 60.2 Å². The van der Waals surface area contributed by atoms with Crippen molar-refractivity contribution in [1.29, 1.82) is 0 Å². The molecule has 3 nitrogen and oxygen atoms in total. The standard InChI is InChI=1S/C10H10FNO2/c1-6-2-7(5-13)8(3-9(6)11)10(14)4-12/h2-3,5H,4,12H2,1H3. The summed E-state index contributed by atoms with van der Waals surface area (Å²) >= 11 is 0. The number of hydrogen-bond donors (Lipinski definition) is 1. The molecular formula is C10H10FNO2. The van der Waals surface area contributed by atoms with Gasteiger partial charge < -0.3 is 5.73 Å². The van der Waals surface area contributed by atoms with Crippen LogP contribution in [0.5, 0.6) is 0 Å². The molecule has 2 N–H and O–H groups in total. The van der Waals surface area contributed by atoms with E-state index in [4.69, 9.17) is 5.73 Å². The molecule has 0 aliphatic carbocycles. The molecule has 0 saturated heterocycles. The minimum Gasteiger partial charge on any atom is -0.324 e. The third kappa shape index (κ3) is 1.85. The fourth-order valence-electron chi connectivity index (χ4n) is 1.15. The van der Waals surface area contributed by atoms with Gasteiger partial charge in [-0.15, -0.1) is 0 Å². The third-order valence-corrected chi connectivity index (χ3v) is 1.94. The zero-order valence-electron chi connectivity index (χ0n) is 7.71. The largest absolute Gasteiger partial charge is 0.324 e. The minimum atomic E-state index is -0.507. The number of hydrogen-bond acceptors (Lipinski definition) is 3. The molecule has 74 valence electrons. The van der Waals surface area contributed by atoms with E-state index in [1.54, 1.807) is 0 Å². The molecule has 0 bridgehead atoms. The van der Waals surface area contributed by atoms with Gasteiger partial charge in [-0.2, -0.15) is 0 Å². The fourth-order valence-corrected chi connectivity index (χ4v) is 1.15. The summed E-state index contributed by atoms with van der Waals surface area (Å²) in [6.07, 6.45) is 0.523. The van der Waals surface area contributed by atoms with E-state index in [1.807, 2.05) is 0 Å². The Balaban J connectivity index is 3.34. The number of aryl methyl sites for hydroxylation is 1. The molecule has 0 amide bonds. The lowest BCUT2D eigenvalue weighted by atomic mass is 10.0. The van der Waals surface area contributed by atoms with Crippen LogP contribution in [0.1, 0.15) is 26.3 Å². The second kappa shape index (κ2) is 4.11. The van der Waals surface area contributed by atoms with Crippen molar-refractivity contribution in [3.63, 3.8) is 0 Å². The SMILES string of the molecule is Cc1cc(C=O)c(C(=O)CN)cc1F. The predicted octanol–water partition coefficient (Wildman–Crippen LogP) is 1.09. The maximum absolute atomic E-state index is 13.1. The molecule has 0 aliphatic heterocycles.